The molecular weight excluding hydrogens is 1540 g/mol. The molecule has 23 aromatic rings. The first-order valence-electron chi connectivity index (χ1n) is 41.5. The Balaban J connectivity index is 0.000000139. The quantitative estimate of drug-likeness (QED) is 0.113. The minimum atomic E-state index is -1.34. The lowest BCUT2D eigenvalue weighted by molar-refractivity contribution is 0.426. The molecule has 582 valence electrons. The average molecular weight is 1620 g/mol. The molecular formula is C114H77BCl2N4O2. The second kappa shape index (κ2) is 32.6. The Morgan fingerprint density at radius 1 is 0.171 bits per heavy atom. The number of nitrogens with zero attached hydrogens (tertiary/aromatic N) is 4. The summed E-state index contributed by atoms with van der Waals surface area (Å²) in [6.07, 6.45) is 0. The predicted octanol–water partition coefficient (Wildman–Crippen LogP) is 29.8. The van der Waals surface area contributed by atoms with Crippen molar-refractivity contribution >= 4 is 123 Å². The van der Waals surface area contributed by atoms with E-state index in [0.29, 0.717) is 5.46 Å². The van der Waals surface area contributed by atoms with Gasteiger partial charge in [-0.1, -0.05) is 345 Å². The molecule has 0 saturated carbocycles. The Hall–Kier alpha value is -15.1. The zero-order valence-corrected chi connectivity index (χ0v) is 68.3. The molecule has 4 aromatic heterocycles. The minimum absolute atomic E-state index is 0.525. The van der Waals surface area contributed by atoms with Gasteiger partial charge in [-0.25, -0.2) is 0 Å². The van der Waals surface area contributed by atoms with Crippen molar-refractivity contribution in [3.8, 4) is 112 Å². The Bertz CT molecular complexity index is 7870. The van der Waals surface area contributed by atoms with Crippen molar-refractivity contribution in [2.75, 3.05) is 0 Å². The molecule has 9 heteroatoms. The van der Waals surface area contributed by atoms with E-state index < -0.39 is 7.12 Å². The highest BCUT2D eigenvalue weighted by molar-refractivity contribution is 6.58. The third-order valence-corrected chi connectivity index (χ3v) is 24.5. The van der Waals surface area contributed by atoms with Crippen molar-refractivity contribution in [1.29, 1.82) is 0 Å². The van der Waals surface area contributed by atoms with E-state index in [-0.39, 0.29) is 0 Å². The molecule has 0 aliphatic heterocycles. The predicted molar refractivity (Wildman–Crippen MR) is 520 cm³/mol. The summed E-state index contributed by atoms with van der Waals surface area (Å²) in [7, 11) is -1.34. The second-order valence-corrected chi connectivity index (χ2v) is 31.9. The van der Waals surface area contributed by atoms with Gasteiger partial charge in [0.15, 0.2) is 0 Å². The molecule has 0 radical (unpaired) electrons. The zero-order chi connectivity index (χ0) is 82.4. The smallest absolute Gasteiger partial charge is 0.423 e. The van der Waals surface area contributed by atoms with E-state index in [1.54, 1.807) is 24.3 Å². The van der Waals surface area contributed by atoms with Crippen LogP contribution in [0.5, 0.6) is 0 Å². The van der Waals surface area contributed by atoms with Gasteiger partial charge < -0.3 is 28.3 Å². The molecule has 0 spiro atoms. The molecule has 123 heavy (non-hydrogen) atoms. The minimum Gasteiger partial charge on any atom is -0.423 e. The fraction of sp³-hybridized carbons (Fsp3) is 0. The van der Waals surface area contributed by atoms with Crippen LogP contribution in [0.1, 0.15) is 0 Å². The third-order valence-electron chi connectivity index (χ3n) is 23.9. The molecule has 23 rings (SSSR count). The standard InChI is InChI=1S/C60H40N2.C48H30Cl2N2.C6H7BO2/c1-5-16-41(17-6-1)43-30-34-49(35-31-43)61-55-36-32-47(39-53(55)59-51(26-14-28-57(59)61)44-20-9-3-10-21-44)48-33-37-56-54(40-48)60-52(45-22-11-4-12-23-45)27-15-29-58(60)62(56)50-25-13-24-46(38-50)42-18-7-2-8-19-42;49-41-16-8-18-45-47(41)39-29-35(22-26-43(39)51(45)37-24-20-33(21-25-37)31-10-3-1-4-11-31)36-23-27-44-40(30-36)48-42(50)17-9-19-46(48)52(44)38-15-7-14-34(28-38)32-12-5-2-6-13-32;8-7(9)6-4-2-1-3-5-6/h1-40H;1-30H;1-5,8-9H. The monoisotopic (exact) mass is 1610 g/mol. The van der Waals surface area contributed by atoms with Crippen molar-refractivity contribution in [2.45, 2.75) is 0 Å². The van der Waals surface area contributed by atoms with Gasteiger partial charge >= 0.3 is 7.12 Å². The van der Waals surface area contributed by atoms with Crippen molar-refractivity contribution in [1.82, 2.24) is 18.3 Å². The topological polar surface area (TPSA) is 60.2 Å². The van der Waals surface area contributed by atoms with Crippen LogP contribution in [-0.2, 0) is 0 Å². The van der Waals surface area contributed by atoms with Crippen LogP contribution in [-0.4, -0.2) is 35.4 Å². The van der Waals surface area contributed by atoms with E-state index in [1.807, 2.05) is 36.4 Å². The number of benzene rings is 19. The molecule has 2 N–H and O–H groups in total. The molecule has 0 bridgehead atoms. The van der Waals surface area contributed by atoms with Crippen LogP contribution in [0.15, 0.2) is 455 Å². The molecule has 0 aliphatic rings. The van der Waals surface area contributed by atoms with E-state index in [9.17, 15) is 0 Å². The lowest BCUT2D eigenvalue weighted by Gasteiger charge is -2.11. The number of aromatic nitrogens is 4. The Labute approximate surface area is 722 Å². The first-order chi connectivity index (χ1) is 60.7. The highest BCUT2D eigenvalue weighted by Gasteiger charge is 2.24. The molecule has 0 unspecified atom stereocenters. The van der Waals surface area contributed by atoms with Crippen LogP contribution in [0, 0.1) is 0 Å². The SMILES string of the molecule is Clc1cccc2c1c1cc(-c3ccc4c(c3)c3c(Cl)cccc3n4-c3cccc(-c4ccccc4)c3)ccc1n2-c1ccc(-c2ccccc2)cc1.OB(O)c1ccccc1.c1ccc(-c2ccc(-n3c4ccc(-c5ccc6c(c5)c5c(-c7ccccc7)cccc5n6-c5cccc(-c6ccccc6)c5)cc4c4c(-c5ccccc5)cccc43)cc2)cc1. The largest absolute Gasteiger partial charge is 0.488 e. The van der Waals surface area contributed by atoms with Gasteiger partial charge in [-0.2, -0.15) is 0 Å². The molecule has 0 amide bonds. The van der Waals surface area contributed by atoms with Crippen molar-refractivity contribution < 1.29 is 10.0 Å². The van der Waals surface area contributed by atoms with Crippen LogP contribution in [0.25, 0.3) is 199 Å². The fourth-order valence-corrected chi connectivity index (χ4v) is 18.7. The van der Waals surface area contributed by atoms with Gasteiger partial charge in [0.05, 0.1) is 54.2 Å². The summed E-state index contributed by atoms with van der Waals surface area (Å²) in [6, 6.07) is 161. The first-order valence-corrected chi connectivity index (χ1v) is 42.2. The highest BCUT2D eigenvalue weighted by Crippen LogP contribution is 2.47. The summed E-state index contributed by atoms with van der Waals surface area (Å²) >= 11 is 14.0. The lowest BCUT2D eigenvalue weighted by Crippen LogP contribution is -2.29. The van der Waals surface area contributed by atoms with Gasteiger partial charge in [0.1, 0.15) is 0 Å². The molecule has 19 aromatic carbocycles. The summed E-state index contributed by atoms with van der Waals surface area (Å²) in [5.41, 5.74) is 33.2. The van der Waals surface area contributed by atoms with Gasteiger partial charge in [-0.3, -0.25) is 0 Å². The average Bonchev–Trinajstić information content (AvgIpc) is 1.58. The fourth-order valence-electron chi connectivity index (χ4n) is 18.1. The Morgan fingerprint density at radius 3 is 0.724 bits per heavy atom. The molecule has 6 nitrogen and oxygen atoms in total. The molecule has 4 heterocycles. The summed E-state index contributed by atoms with van der Waals surface area (Å²) < 4.78 is 9.52. The van der Waals surface area contributed by atoms with Gasteiger partial charge in [-0.05, 0) is 228 Å². The van der Waals surface area contributed by atoms with Gasteiger partial charge in [0.25, 0.3) is 0 Å². The summed E-state index contributed by atoms with van der Waals surface area (Å²) in [5, 5.41) is 27.9. The van der Waals surface area contributed by atoms with Crippen LogP contribution in [0.4, 0.5) is 0 Å². The highest BCUT2D eigenvalue weighted by atomic mass is 35.5. The number of rotatable bonds is 13. The number of halogens is 2. The molecule has 0 fully saturated rings. The maximum absolute atomic E-state index is 8.58. The van der Waals surface area contributed by atoms with E-state index in [0.717, 1.165) is 87.5 Å². The number of hydrogen-bond acceptors (Lipinski definition) is 2. The maximum Gasteiger partial charge on any atom is 0.488 e. The van der Waals surface area contributed by atoms with Crippen molar-refractivity contribution in [2.24, 2.45) is 0 Å². The summed E-state index contributed by atoms with van der Waals surface area (Å²) in [5.74, 6) is 0. The Morgan fingerprint density at radius 2 is 0.407 bits per heavy atom. The zero-order valence-electron chi connectivity index (χ0n) is 66.8. The first kappa shape index (κ1) is 75.4. The van der Waals surface area contributed by atoms with Crippen LogP contribution >= 0.6 is 23.2 Å². The van der Waals surface area contributed by atoms with E-state index in [1.165, 1.54) is 122 Å². The van der Waals surface area contributed by atoms with Crippen LogP contribution < -0.4 is 5.46 Å². The van der Waals surface area contributed by atoms with E-state index >= 15 is 0 Å². The third kappa shape index (κ3) is 14.1. The van der Waals surface area contributed by atoms with Crippen molar-refractivity contribution in [3.05, 3.63) is 465 Å². The van der Waals surface area contributed by atoms with Crippen LogP contribution in [0.2, 0.25) is 10.0 Å². The second-order valence-electron chi connectivity index (χ2n) is 31.1. The van der Waals surface area contributed by atoms with Gasteiger partial charge in [-0.15, -0.1) is 0 Å². The lowest BCUT2D eigenvalue weighted by atomic mass is 9.81. The van der Waals surface area contributed by atoms with Gasteiger partial charge in [0, 0.05) is 65.8 Å². The van der Waals surface area contributed by atoms with Crippen LogP contribution in [0.3, 0.4) is 0 Å². The number of hydrogen-bond donors (Lipinski definition) is 2. The molecule has 0 saturated heterocycles. The Kier molecular flexibility index (Phi) is 20.0. The summed E-state index contributed by atoms with van der Waals surface area (Å²) in [6.45, 7) is 0. The van der Waals surface area contributed by atoms with E-state index in [2.05, 4.69) is 413 Å². The maximum atomic E-state index is 8.58. The normalized spacial score (nSPS) is 11.4. The molecule has 0 aliphatic carbocycles. The van der Waals surface area contributed by atoms with Crippen molar-refractivity contribution in [3.63, 3.8) is 0 Å². The molecule has 0 atom stereocenters. The number of fused-ring (bicyclic) bond motifs is 12. The summed E-state index contributed by atoms with van der Waals surface area (Å²) in [4.78, 5) is 0. The van der Waals surface area contributed by atoms with Gasteiger partial charge in [0.2, 0.25) is 0 Å². The van der Waals surface area contributed by atoms with E-state index in [4.69, 9.17) is 33.2 Å².